The first-order chi connectivity index (χ1) is 6.78. The first kappa shape index (κ1) is 11.3. The average Bonchev–Trinajstić information content (AvgIpc) is 2.17. The molecule has 0 amide bonds. The Bertz CT molecular complexity index is 258. The second-order valence-electron chi connectivity index (χ2n) is 6.21. The zero-order chi connectivity index (χ0) is 11.4. The lowest BCUT2D eigenvalue weighted by Crippen LogP contribution is -2.63. The van der Waals surface area contributed by atoms with Gasteiger partial charge in [0, 0.05) is 0 Å². The maximum atomic E-state index is 12.9. The molecular weight excluding hydrogens is 196 g/mol. The van der Waals surface area contributed by atoms with Crippen molar-refractivity contribution in [1.29, 1.82) is 0 Å². The summed E-state index contributed by atoms with van der Waals surface area (Å²) in [4.78, 5) is 0. The van der Waals surface area contributed by atoms with E-state index in [9.17, 15) is 8.78 Å². The Morgan fingerprint density at radius 3 is 2.33 bits per heavy atom. The molecule has 0 heterocycles. The molecule has 0 spiro atoms. The molecule has 0 aliphatic heterocycles. The van der Waals surface area contributed by atoms with Gasteiger partial charge in [-0.25, -0.2) is 8.78 Å². The molecule has 0 aromatic heterocycles. The van der Waals surface area contributed by atoms with Crippen molar-refractivity contribution in [2.75, 3.05) is 0 Å². The summed E-state index contributed by atoms with van der Waals surface area (Å²) in [7, 11) is 0. The number of fused-ring (bicyclic) bond motifs is 2. The highest BCUT2D eigenvalue weighted by Gasteiger charge is 2.59. The van der Waals surface area contributed by atoms with Crippen LogP contribution in [-0.4, -0.2) is 12.0 Å². The molecule has 2 N–H and O–H groups in total. The second-order valence-corrected chi connectivity index (χ2v) is 6.21. The van der Waals surface area contributed by atoms with Crippen LogP contribution in [0.15, 0.2) is 0 Å². The molecule has 4 atom stereocenters. The van der Waals surface area contributed by atoms with Gasteiger partial charge in [-0.05, 0) is 49.4 Å². The predicted octanol–water partition coefficient (Wildman–Crippen LogP) is 3.04. The van der Waals surface area contributed by atoms with Gasteiger partial charge in [-0.2, -0.15) is 0 Å². The third-order valence-electron chi connectivity index (χ3n) is 5.13. The highest BCUT2D eigenvalue weighted by Crippen LogP contribution is 2.63. The van der Waals surface area contributed by atoms with Gasteiger partial charge < -0.3 is 5.73 Å². The summed E-state index contributed by atoms with van der Waals surface area (Å²) in [6.45, 7) is 5.94. The first-order valence-electron chi connectivity index (χ1n) is 5.85. The molecule has 3 aliphatic rings. The van der Waals surface area contributed by atoms with Gasteiger partial charge in [0.1, 0.15) is 0 Å². The highest BCUT2D eigenvalue weighted by molar-refractivity contribution is 5.09. The molecule has 1 nitrogen and oxygen atoms in total. The molecule has 3 rings (SSSR count). The van der Waals surface area contributed by atoms with E-state index in [1.807, 2.05) is 0 Å². The third-order valence-corrected chi connectivity index (χ3v) is 5.13. The Balaban J connectivity index is 2.18. The van der Waals surface area contributed by atoms with Gasteiger partial charge in [-0.15, -0.1) is 0 Å². The van der Waals surface area contributed by atoms with Crippen LogP contribution in [0.3, 0.4) is 0 Å². The fourth-order valence-electron chi connectivity index (χ4n) is 3.72. The Morgan fingerprint density at radius 2 is 1.93 bits per heavy atom. The number of rotatable bonds is 2. The number of nitrogens with two attached hydrogens (primary N) is 1. The van der Waals surface area contributed by atoms with Crippen LogP contribution < -0.4 is 5.73 Å². The van der Waals surface area contributed by atoms with Gasteiger partial charge in [-0.1, -0.05) is 13.8 Å². The van der Waals surface area contributed by atoms with Crippen molar-refractivity contribution >= 4 is 0 Å². The Morgan fingerprint density at radius 1 is 1.33 bits per heavy atom. The fourth-order valence-corrected chi connectivity index (χ4v) is 3.72. The maximum absolute atomic E-state index is 12.9. The van der Waals surface area contributed by atoms with Crippen LogP contribution in [0.25, 0.3) is 0 Å². The standard InChI is InChI=1S/C12H21F2N/c1-11(2)7-4-5-8(9(11)6-7)12(3,15)10(13)14/h7-10H,4-6,15H2,1-3H3. The minimum atomic E-state index is -2.41. The van der Waals surface area contributed by atoms with Crippen molar-refractivity contribution in [3.8, 4) is 0 Å². The lowest BCUT2D eigenvalue weighted by atomic mass is 9.43. The molecule has 15 heavy (non-hydrogen) atoms. The monoisotopic (exact) mass is 217 g/mol. The van der Waals surface area contributed by atoms with Crippen LogP contribution in [0.4, 0.5) is 8.78 Å². The summed E-state index contributed by atoms with van der Waals surface area (Å²) in [6, 6.07) is 0. The van der Waals surface area contributed by atoms with Crippen molar-refractivity contribution in [1.82, 2.24) is 0 Å². The quantitative estimate of drug-likeness (QED) is 0.756. The minimum absolute atomic E-state index is 0.00231. The molecular formula is C12H21F2N. The SMILES string of the molecule is CC1(C)C2CCC(C(C)(N)C(F)F)C1C2. The van der Waals surface area contributed by atoms with Gasteiger partial charge >= 0.3 is 0 Å². The lowest BCUT2D eigenvalue weighted by Gasteiger charge is -2.62. The molecule has 0 saturated heterocycles. The van der Waals surface area contributed by atoms with Crippen LogP contribution in [-0.2, 0) is 0 Å². The van der Waals surface area contributed by atoms with E-state index in [2.05, 4.69) is 13.8 Å². The maximum Gasteiger partial charge on any atom is 0.256 e. The van der Waals surface area contributed by atoms with Crippen molar-refractivity contribution in [2.24, 2.45) is 28.9 Å². The average molecular weight is 217 g/mol. The van der Waals surface area contributed by atoms with Crippen molar-refractivity contribution in [3.63, 3.8) is 0 Å². The summed E-state index contributed by atoms with van der Waals surface area (Å²) in [5, 5.41) is 0. The van der Waals surface area contributed by atoms with Gasteiger partial charge in [0.05, 0.1) is 5.54 Å². The third kappa shape index (κ3) is 1.42. The van der Waals surface area contributed by atoms with Gasteiger partial charge in [-0.3, -0.25) is 0 Å². The van der Waals surface area contributed by atoms with Gasteiger partial charge in [0.2, 0.25) is 0 Å². The minimum Gasteiger partial charge on any atom is -0.320 e. The topological polar surface area (TPSA) is 26.0 Å². The molecule has 3 saturated carbocycles. The predicted molar refractivity (Wildman–Crippen MR) is 56.7 cm³/mol. The van der Waals surface area contributed by atoms with Gasteiger partial charge in [0.25, 0.3) is 6.43 Å². The molecule has 3 aliphatic carbocycles. The molecule has 2 bridgehead atoms. The number of hydrogen-bond donors (Lipinski definition) is 1. The molecule has 0 aromatic carbocycles. The molecule has 0 radical (unpaired) electrons. The summed E-state index contributed by atoms with van der Waals surface area (Å²) in [5.74, 6) is 1.14. The summed E-state index contributed by atoms with van der Waals surface area (Å²) < 4.78 is 25.8. The summed E-state index contributed by atoms with van der Waals surface area (Å²) >= 11 is 0. The summed E-state index contributed by atoms with van der Waals surface area (Å²) in [6.07, 6.45) is 0.663. The van der Waals surface area contributed by atoms with Crippen LogP contribution in [0, 0.1) is 23.2 Å². The Labute approximate surface area is 90.4 Å². The van der Waals surface area contributed by atoms with E-state index in [0.29, 0.717) is 5.92 Å². The summed E-state index contributed by atoms with van der Waals surface area (Å²) in [5.41, 5.74) is 4.76. The smallest absolute Gasteiger partial charge is 0.256 e. The van der Waals surface area contributed by atoms with Crippen LogP contribution >= 0.6 is 0 Å². The largest absolute Gasteiger partial charge is 0.320 e. The van der Waals surface area contributed by atoms with Crippen LogP contribution in [0.1, 0.15) is 40.0 Å². The van der Waals surface area contributed by atoms with Gasteiger partial charge in [0.15, 0.2) is 0 Å². The molecule has 3 heteroatoms. The molecule has 4 unspecified atom stereocenters. The van der Waals surface area contributed by atoms with E-state index in [0.717, 1.165) is 25.2 Å². The highest BCUT2D eigenvalue weighted by atomic mass is 19.3. The van der Waals surface area contributed by atoms with E-state index >= 15 is 0 Å². The lowest BCUT2D eigenvalue weighted by molar-refractivity contribution is -0.143. The zero-order valence-electron chi connectivity index (χ0n) is 9.76. The van der Waals surface area contributed by atoms with E-state index < -0.39 is 12.0 Å². The Hall–Kier alpha value is -0.180. The number of hydrogen-bond acceptors (Lipinski definition) is 1. The first-order valence-corrected chi connectivity index (χ1v) is 5.85. The Kier molecular flexibility index (Phi) is 2.38. The van der Waals surface area contributed by atoms with Crippen molar-refractivity contribution in [3.05, 3.63) is 0 Å². The molecule has 0 aromatic rings. The molecule has 3 fully saturated rings. The van der Waals surface area contributed by atoms with E-state index in [4.69, 9.17) is 5.73 Å². The number of alkyl halides is 2. The van der Waals surface area contributed by atoms with Crippen LogP contribution in [0.5, 0.6) is 0 Å². The van der Waals surface area contributed by atoms with E-state index in [-0.39, 0.29) is 11.3 Å². The fraction of sp³-hybridized carbons (Fsp3) is 1.00. The number of halogens is 2. The molecule has 88 valence electrons. The van der Waals surface area contributed by atoms with E-state index in [1.54, 1.807) is 0 Å². The van der Waals surface area contributed by atoms with Crippen LogP contribution in [0.2, 0.25) is 0 Å². The zero-order valence-corrected chi connectivity index (χ0v) is 9.76. The van der Waals surface area contributed by atoms with E-state index in [1.165, 1.54) is 6.92 Å². The van der Waals surface area contributed by atoms with Crippen molar-refractivity contribution in [2.45, 2.75) is 52.0 Å². The van der Waals surface area contributed by atoms with Crippen molar-refractivity contribution < 1.29 is 8.78 Å². The second kappa shape index (κ2) is 3.16. The normalized spacial score (nSPS) is 42.2.